The smallest absolute Gasteiger partial charge is 0.354 e. The first-order valence-electron chi connectivity index (χ1n) is 14.9. The number of anilines is 1. The van der Waals surface area contributed by atoms with Gasteiger partial charge in [0, 0.05) is 19.5 Å². The number of sulfonamides is 1. The molecule has 0 aliphatic heterocycles. The molecule has 47 heavy (non-hydrogen) atoms. The molecule has 1 N–H and O–H groups in total. The SMILES string of the molecule is CCCNC(=O)C(Cc1ccccc1)N(Cc1ccccc1C)C(=O)CN(c1ccc(Cl)c(C(F)(F)F)c1)S(=O)(=O)c1ccccc1. The lowest BCUT2D eigenvalue weighted by atomic mass is 10.0. The van der Waals surface area contributed by atoms with Gasteiger partial charge >= 0.3 is 6.18 Å². The highest BCUT2D eigenvalue weighted by molar-refractivity contribution is 7.92. The molecule has 4 aromatic carbocycles. The van der Waals surface area contributed by atoms with E-state index in [1.54, 1.807) is 30.3 Å². The minimum Gasteiger partial charge on any atom is -0.354 e. The quantitative estimate of drug-likeness (QED) is 0.164. The molecular formula is C35H35ClF3N3O4S. The van der Waals surface area contributed by atoms with Crippen LogP contribution in [0.4, 0.5) is 18.9 Å². The zero-order valence-corrected chi connectivity index (χ0v) is 27.4. The summed E-state index contributed by atoms with van der Waals surface area (Å²) in [5.41, 5.74) is 0.636. The van der Waals surface area contributed by atoms with Gasteiger partial charge in [-0.15, -0.1) is 0 Å². The topological polar surface area (TPSA) is 86.8 Å². The van der Waals surface area contributed by atoms with Crippen molar-refractivity contribution < 1.29 is 31.2 Å². The van der Waals surface area contributed by atoms with E-state index in [0.717, 1.165) is 23.3 Å². The average molecular weight is 686 g/mol. The summed E-state index contributed by atoms with van der Waals surface area (Å²) in [5, 5.41) is 2.23. The molecule has 0 saturated carbocycles. The number of hydrogen-bond acceptors (Lipinski definition) is 4. The first-order chi connectivity index (χ1) is 22.3. The Morgan fingerprint density at radius 3 is 2.13 bits per heavy atom. The van der Waals surface area contributed by atoms with Crippen molar-refractivity contribution in [1.29, 1.82) is 0 Å². The molecule has 0 spiro atoms. The molecule has 12 heteroatoms. The van der Waals surface area contributed by atoms with Gasteiger partial charge in [-0.25, -0.2) is 8.42 Å². The van der Waals surface area contributed by atoms with E-state index >= 15 is 0 Å². The number of carbonyl (C=O) groups excluding carboxylic acids is 2. The summed E-state index contributed by atoms with van der Waals surface area (Å²) < 4.78 is 70.5. The number of amides is 2. The van der Waals surface area contributed by atoms with Gasteiger partial charge in [-0.1, -0.05) is 91.3 Å². The van der Waals surface area contributed by atoms with Crippen LogP contribution in [0.15, 0.2) is 108 Å². The number of aryl methyl sites for hydroxylation is 1. The molecule has 0 aromatic heterocycles. The summed E-state index contributed by atoms with van der Waals surface area (Å²) in [5.74, 6) is -1.23. The van der Waals surface area contributed by atoms with Gasteiger partial charge < -0.3 is 10.2 Å². The maximum Gasteiger partial charge on any atom is 0.417 e. The minimum atomic E-state index is -4.89. The second kappa shape index (κ2) is 15.5. The Hall–Kier alpha value is -4.35. The van der Waals surface area contributed by atoms with E-state index in [4.69, 9.17) is 11.6 Å². The first kappa shape index (κ1) is 35.5. The third kappa shape index (κ3) is 8.93. The van der Waals surface area contributed by atoms with Crippen molar-refractivity contribution in [2.24, 2.45) is 0 Å². The summed E-state index contributed by atoms with van der Waals surface area (Å²) in [6.45, 7) is 3.12. The lowest BCUT2D eigenvalue weighted by Crippen LogP contribution is -2.53. The van der Waals surface area contributed by atoms with Crippen LogP contribution < -0.4 is 9.62 Å². The minimum absolute atomic E-state index is 0.0593. The summed E-state index contributed by atoms with van der Waals surface area (Å²) >= 11 is 5.87. The number of rotatable bonds is 13. The van der Waals surface area contributed by atoms with Crippen molar-refractivity contribution in [2.75, 3.05) is 17.4 Å². The number of benzene rings is 4. The molecule has 4 aromatic rings. The maximum atomic E-state index is 14.5. The third-order valence-electron chi connectivity index (χ3n) is 7.58. The highest BCUT2D eigenvalue weighted by atomic mass is 35.5. The van der Waals surface area contributed by atoms with E-state index in [9.17, 15) is 31.2 Å². The van der Waals surface area contributed by atoms with Gasteiger partial charge in [-0.3, -0.25) is 13.9 Å². The van der Waals surface area contributed by atoms with Gasteiger partial charge in [0.2, 0.25) is 11.8 Å². The van der Waals surface area contributed by atoms with E-state index in [2.05, 4.69) is 5.32 Å². The fraction of sp³-hybridized carbons (Fsp3) is 0.257. The van der Waals surface area contributed by atoms with Crippen LogP contribution in [0.25, 0.3) is 0 Å². The van der Waals surface area contributed by atoms with Crippen molar-refractivity contribution in [3.8, 4) is 0 Å². The van der Waals surface area contributed by atoms with Crippen LogP contribution in [0, 0.1) is 6.92 Å². The second-order valence-corrected chi connectivity index (χ2v) is 13.2. The Labute approximate surface area is 278 Å². The van der Waals surface area contributed by atoms with Crippen molar-refractivity contribution in [3.63, 3.8) is 0 Å². The fourth-order valence-corrected chi connectivity index (χ4v) is 6.68. The van der Waals surface area contributed by atoms with Gasteiger partial charge in [0.1, 0.15) is 12.6 Å². The lowest BCUT2D eigenvalue weighted by molar-refractivity contribution is -0.140. The summed E-state index contributed by atoms with van der Waals surface area (Å²) in [4.78, 5) is 29.3. The Bertz CT molecular complexity index is 1790. The molecule has 0 heterocycles. The van der Waals surface area contributed by atoms with Crippen LogP contribution in [-0.4, -0.2) is 44.3 Å². The van der Waals surface area contributed by atoms with Gasteiger partial charge in [-0.2, -0.15) is 13.2 Å². The molecule has 248 valence electrons. The molecule has 0 aliphatic carbocycles. The van der Waals surface area contributed by atoms with E-state index < -0.39 is 56.9 Å². The van der Waals surface area contributed by atoms with E-state index in [0.29, 0.717) is 28.9 Å². The normalized spacial score (nSPS) is 12.3. The average Bonchev–Trinajstić information content (AvgIpc) is 3.05. The molecule has 4 rings (SSSR count). The highest BCUT2D eigenvalue weighted by Gasteiger charge is 2.37. The number of carbonyl (C=O) groups is 2. The van der Waals surface area contributed by atoms with Crippen LogP contribution in [-0.2, 0) is 38.8 Å². The monoisotopic (exact) mass is 685 g/mol. The number of hydrogen-bond donors (Lipinski definition) is 1. The number of alkyl halides is 3. The van der Waals surface area contributed by atoms with E-state index in [1.165, 1.54) is 29.2 Å². The lowest BCUT2D eigenvalue weighted by Gasteiger charge is -2.34. The van der Waals surface area contributed by atoms with E-state index in [-0.39, 0.29) is 17.9 Å². The highest BCUT2D eigenvalue weighted by Crippen LogP contribution is 2.38. The van der Waals surface area contributed by atoms with E-state index in [1.807, 2.05) is 44.2 Å². The predicted octanol–water partition coefficient (Wildman–Crippen LogP) is 7.03. The Morgan fingerprint density at radius 1 is 0.894 bits per heavy atom. The molecule has 1 unspecified atom stereocenters. The van der Waals surface area contributed by atoms with Crippen LogP contribution >= 0.6 is 11.6 Å². The molecule has 0 aliphatic rings. The standard InChI is InChI=1S/C35H35ClF3N3O4S/c1-3-20-40-34(44)32(21-26-13-6-4-7-14-26)41(23-27-15-11-10-12-25(27)2)33(43)24-42(47(45,46)29-16-8-5-9-17-29)28-18-19-31(36)30(22-28)35(37,38)39/h4-19,22,32H,3,20-21,23-24H2,1-2H3,(H,40,44). The summed E-state index contributed by atoms with van der Waals surface area (Å²) in [7, 11) is -4.58. The molecule has 0 radical (unpaired) electrons. The van der Waals surface area contributed by atoms with Crippen LogP contribution in [0.1, 0.15) is 35.6 Å². The molecular weight excluding hydrogens is 651 g/mol. The van der Waals surface area contributed by atoms with Gasteiger partial charge in [0.15, 0.2) is 0 Å². The third-order valence-corrected chi connectivity index (χ3v) is 9.69. The molecule has 2 amide bonds. The van der Waals surface area contributed by atoms with Crippen molar-refractivity contribution >= 4 is 39.1 Å². The zero-order valence-electron chi connectivity index (χ0n) is 25.9. The largest absolute Gasteiger partial charge is 0.417 e. The van der Waals surface area contributed by atoms with Crippen LogP contribution in [0.2, 0.25) is 5.02 Å². The molecule has 0 saturated heterocycles. The Kier molecular flexibility index (Phi) is 11.7. The fourth-order valence-electron chi connectivity index (χ4n) is 5.03. The predicted molar refractivity (Wildman–Crippen MR) is 176 cm³/mol. The van der Waals surface area contributed by atoms with Gasteiger partial charge in [-0.05, 0) is 60.4 Å². The molecule has 7 nitrogen and oxygen atoms in total. The number of nitrogens with one attached hydrogen (secondary N) is 1. The van der Waals surface area contributed by atoms with Gasteiger partial charge in [0.05, 0.1) is 21.2 Å². The Balaban J connectivity index is 1.86. The van der Waals surface area contributed by atoms with Crippen LogP contribution in [0.3, 0.4) is 0 Å². The summed E-state index contributed by atoms with van der Waals surface area (Å²) in [6.07, 6.45) is -4.15. The molecule has 0 bridgehead atoms. The molecule has 0 fully saturated rings. The molecule has 1 atom stereocenters. The number of nitrogens with zero attached hydrogens (tertiary/aromatic N) is 2. The van der Waals surface area contributed by atoms with Crippen LogP contribution in [0.5, 0.6) is 0 Å². The second-order valence-electron chi connectivity index (χ2n) is 10.9. The van der Waals surface area contributed by atoms with Crippen molar-refractivity contribution in [2.45, 2.75) is 50.3 Å². The van der Waals surface area contributed by atoms with Gasteiger partial charge in [0.25, 0.3) is 10.0 Å². The zero-order chi connectivity index (χ0) is 34.2. The Morgan fingerprint density at radius 2 is 1.51 bits per heavy atom. The maximum absolute atomic E-state index is 14.5. The summed E-state index contributed by atoms with van der Waals surface area (Å²) in [6, 6.07) is 25.0. The van der Waals surface area contributed by atoms with Crippen molar-refractivity contribution in [3.05, 3.63) is 130 Å². The van der Waals surface area contributed by atoms with Crippen molar-refractivity contribution in [1.82, 2.24) is 10.2 Å². The number of halogens is 4. The first-order valence-corrected chi connectivity index (χ1v) is 16.7.